The van der Waals surface area contributed by atoms with E-state index in [1.807, 2.05) is 43.5 Å². The molecule has 3 aromatic heterocycles. The summed E-state index contributed by atoms with van der Waals surface area (Å²) in [5, 5.41) is 12.1. The van der Waals surface area contributed by atoms with Crippen molar-refractivity contribution in [3.8, 4) is 11.4 Å². The second-order valence-corrected chi connectivity index (χ2v) is 9.59. The number of unbranched alkanes of at least 4 members (excludes halogenated alkanes) is 3. The van der Waals surface area contributed by atoms with Gasteiger partial charge < -0.3 is 14.0 Å². The van der Waals surface area contributed by atoms with Gasteiger partial charge in [-0.3, -0.25) is 0 Å². The van der Waals surface area contributed by atoms with Crippen molar-refractivity contribution < 1.29 is 4.42 Å². The third-order valence-corrected chi connectivity index (χ3v) is 7.14. The summed E-state index contributed by atoms with van der Waals surface area (Å²) in [6, 6.07) is 15.8. The minimum absolute atomic E-state index is 0.325. The molecule has 0 spiro atoms. The zero-order chi connectivity index (χ0) is 23.5. The number of H-pyrrole nitrogens is 1. The van der Waals surface area contributed by atoms with Gasteiger partial charge in [-0.25, -0.2) is 4.79 Å². The molecule has 0 saturated heterocycles. The first-order valence-corrected chi connectivity index (χ1v) is 12.8. The van der Waals surface area contributed by atoms with Crippen molar-refractivity contribution in [2.75, 3.05) is 0 Å². The van der Waals surface area contributed by atoms with E-state index in [2.05, 4.69) is 38.8 Å². The molecule has 0 amide bonds. The van der Waals surface area contributed by atoms with E-state index in [4.69, 9.17) is 4.42 Å². The highest BCUT2D eigenvalue weighted by molar-refractivity contribution is 7.98. The zero-order valence-electron chi connectivity index (χ0n) is 19.5. The van der Waals surface area contributed by atoms with Crippen LogP contribution >= 0.6 is 11.8 Å². The van der Waals surface area contributed by atoms with Crippen molar-refractivity contribution >= 4 is 33.6 Å². The minimum atomic E-state index is -0.325. The van der Waals surface area contributed by atoms with Gasteiger partial charge >= 0.3 is 5.63 Å². The summed E-state index contributed by atoms with van der Waals surface area (Å²) in [6.07, 6.45) is 6.69. The Morgan fingerprint density at radius 3 is 2.79 bits per heavy atom. The number of aryl methyl sites for hydroxylation is 1. The number of aromatic nitrogens is 4. The summed E-state index contributed by atoms with van der Waals surface area (Å²) in [4.78, 5) is 15.5. The van der Waals surface area contributed by atoms with Crippen LogP contribution in [0.25, 0.3) is 33.3 Å². The zero-order valence-corrected chi connectivity index (χ0v) is 20.3. The summed E-state index contributed by atoms with van der Waals surface area (Å²) >= 11 is 1.61. The Hall–Kier alpha value is -3.32. The van der Waals surface area contributed by atoms with Crippen molar-refractivity contribution in [1.82, 2.24) is 19.7 Å². The molecule has 0 aliphatic rings. The van der Waals surface area contributed by atoms with Crippen LogP contribution in [0.5, 0.6) is 0 Å². The van der Waals surface area contributed by atoms with Gasteiger partial charge in [0.05, 0.1) is 0 Å². The quantitative estimate of drug-likeness (QED) is 0.146. The average molecular weight is 473 g/mol. The molecule has 0 radical (unpaired) electrons. The largest absolute Gasteiger partial charge is 0.423 e. The highest BCUT2D eigenvalue weighted by atomic mass is 32.2. The van der Waals surface area contributed by atoms with Crippen molar-refractivity contribution in [3.05, 3.63) is 76.3 Å². The first kappa shape index (κ1) is 22.5. The molecule has 5 aromatic rings. The summed E-state index contributed by atoms with van der Waals surface area (Å²) < 4.78 is 7.66. The van der Waals surface area contributed by atoms with Crippen LogP contribution < -0.4 is 5.63 Å². The van der Waals surface area contributed by atoms with Crippen molar-refractivity contribution in [2.45, 2.75) is 57.0 Å². The van der Waals surface area contributed by atoms with Gasteiger partial charge in [-0.05, 0) is 36.6 Å². The van der Waals surface area contributed by atoms with Gasteiger partial charge in [-0.15, -0.1) is 10.2 Å². The SMILES string of the molecule is CCCCCCn1c(SCc2cc(=O)oc3cc(C)ccc23)nnc1-c1c[nH]c2ccccc12. The highest BCUT2D eigenvalue weighted by Gasteiger charge is 2.18. The fourth-order valence-electron chi connectivity index (χ4n) is 4.35. The van der Waals surface area contributed by atoms with E-state index in [1.165, 1.54) is 19.3 Å². The lowest BCUT2D eigenvalue weighted by Crippen LogP contribution is -2.04. The molecule has 34 heavy (non-hydrogen) atoms. The molecule has 0 aliphatic heterocycles. The smallest absolute Gasteiger partial charge is 0.336 e. The molecule has 0 bridgehead atoms. The number of hydrogen-bond acceptors (Lipinski definition) is 5. The van der Waals surface area contributed by atoms with Gasteiger partial charge in [-0.1, -0.05) is 68.3 Å². The van der Waals surface area contributed by atoms with Crippen LogP contribution in [0.3, 0.4) is 0 Å². The highest BCUT2D eigenvalue weighted by Crippen LogP contribution is 2.32. The fourth-order valence-corrected chi connectivity index (χ4v) is 5.30. The Morgan fingerprint density at radius 1 is 1.03 bits per heavy atom. The number of aromatic amines is 1. The number of fused-ring (bicyclic) bond motifs is 2. The maximum atomic E-state index is 12.2. The third-order valence-electron chi connectivity index (χ3n) is 6.12. The van der Waals surface area contributed by atoms with Crippen LogP contribution in [-0.2, 0) is 12.3 Å². The second-order valence-electron chi connectivity index (χ2n) is 8.65. The maximum absolute atomic E-state index is 12.2. The summed E-state index contributed by atoms with van der Waals surface area (Å²) in [7, 11) is 0. The van der Waals surface area contributed by atoms with Gasteiger partial charge in [0, 0.05) is 46.4 Å². The summed E-state index contributed by atoms with van der Waals surface area (Å²) in [5.74, 6) is 1.50. The first-order valence-electron chi connectivity index (χ1n) is 11.8. The van der Waals surface area contributed by atoms with Gasteiger partial charge in [0.15, 0.2) is 11.0 Å². The molecular formula is C27H28N4O2S. The topological polar surface area (TPSA) is 76.7 Å². The van der Waals surface area contributed by atoms with E-state index in [9.17, 15) is 4.79 Å². The molecule has 5 rings (SSSR count). The number of rotatable bonds is 9. The first-order chi connectivity index (χ1) is 16.6. The number of para-hydroxylation sites is 1. The molecule has 2 aromatic carbocycles. The Kier molecular flexibility index (Phi) is 6.54. The summed E-state index contributed by atoms with van der Waals surface area (Å²) in [5.41, 5.74) is 4.47. The number of hydrogen-bond donors (Lipinski definition) is 1. The lowest BCUT2D eigenvalue weighted by Gasteiger charge is -2.10. The minimum Gasteiger partial charge on any atom is -0.423 e. The molecule has 3 heterocycles. The van der Waals surface area contributed by atoms with Gasteiger partial charge in [0.1, 0.15) is 5.58 Å². The standard InChI is InChI=1S/C27H28N4O2S/c1-3-4-5-8-13-31-26(22-16-28-23-10-7-6-9-21(22)23)29-30-27(31)34-17-19-15-25(32)33-24-14-18(2)11-12-20(19)24/h6-7,9-12,14-16,28H,3-5,8,13,17H2,1-2H3. The molecule has 0 aliphatic carbocycles. The van der Waals surface area contributed by atoms with E-state index in [1.54, 1.807) is 17.8 Å². The van der Waals surface area contributed by atoms with E-state index < -0.39 is 0 Å². The number of nitrogens with one attached hydrogen (secondary N) is 1. The van der Waals surface area contributed by atoms with Crippen LogP contribution in [0.2, 0.25) is 0 Å². The fraction of sp³-hybridized carbons (Fsp3) is 0.296. The Balaban J connectivity index is 1.48. The second kappa shape index (κ2) is 9.89. The molecule has 0 unspecified atom stereocenters. The van der Waals surface area contributed by atoms with Gasteiger partial charge in [-0.2, -0.15) is 0 Å². The number of thioether (sulfide) groups is 1. The maximum Gasteiger partial charge on any atom is 0.336 e. The average Bonchev–Trinajstić information content (AvgIpc) is 3.43. The lowest BCUT2D eigenvalue weighted by molar-refractivity contribution is 0.556. The Bertz CT molecular complexity index is 1500. The summed E-state index contributed by atoms with van der Waals surface area (Å²) in [6.45, 7) is 5.08. The molecule has 0 fully saturated rings. The van der Waals surface area contributed by atoms with Gasteiger partial charge in [0.2, 0.25) is 0 Å². The van der Waals surface area contributed by atoms with Crippen LogP contribution in [0, 0.1) is 6.92 Å². The predicted molar refractivity (Wildman–Crippen MR) is 138 cm³/mol. The molecule has 0 atom stereocenters. The van der Waals surface area contributed by atoms with E-state index >= 15 is 0 Å². The normalized spacial score (nSPS) is 11.6. The molecule has 6 nitrogen and oxygen atoms in total. The molecule has 1 N–H and O–H groups in total. The number of nitrogens with zero attached hydrogens (tertiary/aromatic N) is 3. The molecule has 0 saturated carbocycles. The third kappa shape index (κ3) is 4.53. The Labute approximate surface area is 202 Å². The van der Waals surface area contributed by atoms with Crippen molar-refractivity contribution in [2.24, 2.45) is 0 Å². The van der Waals surface area contributed by atoms with Crippen LogP contribution in [0.4, 0.5) is 0 Å². The molecule has 7 heteroatoms. The van der Waals surface area contributed by atoms with Crippen molar-refractivity contribution in [3.63, 3.8) is 0 Å². The number of benzene rings is 2. The molecular weight excluding hydrogens is 444 g/mol. The van der Waals surface area contributed by atoms with E-state index in [0.29, 0.717) is 11.3 Å². The molecule has 174 valence electrons. The van der Waals surface area contributed by atoms with E-state index in [-0.39, 0.29) is 5.63 Å². The Morgan fingerprint density at radius 2 is 1.91 bits per heavy atom. The van der Waals surface area contributed by atoms with E-state index in [0.717, 1.165) is 56.9 Å². The van der Waals surface area contributed by atoms with Crippen LogP contribution in [0.1, 0.15) is 43.7 Å². The predicted octanol–water partition coefficient (Wildman–Crippen LogP) is 6.71. The van der Waals surface area contributed by atoms with Gasteiger partial charge in [0.25, 0.3) is 0 Å². The van der Waals surface area contributed by atoms with Crippen LogP contribution in [0.15, 0.2) is 69.1 Å². The monoisotopic (exact) mass is 472 g/mol. The van der Waals surface area contributed by atoms with Crippen LogP contribution in [-0.4, -0.2) is 19.7 Å². The van der Waals surface area contributed by atoms with Crippen molar-refractivity contribution in [1.29, 1.82) is 0 Å². The lowest BCUT2D eigenvalue weighted by atomic mass is 10.1.